The van der Waals surface area contributed by atoms with Crippen LogP contribution in [0.2, 0.25) is 0 Å². The quantitative estimate of drug-likeness (QED) is 0.821. The van der Waals surface area contributed by atoms with Gasteiger partial charge >= 0.3 is 6.09 Å². The van der Waals surface area contributed by atoms with E-state index in [9.17, 15) is 19.1 Å². The Kier molecular flexibility index (Phi) is 6.44. The summed E-state index contributed by atoms with van der Waals surface area (Å²) in [6, 6.07) is 12.8. The summed E-state index contributed by atoms with van der Waals surface area (Å²) in [6.45, 7) is 1.35. The number of carbonyl (C=O) groups is 2. The Morgan fingerprint density at radius 1 is 1.25 bits per heavy atom. The number of ether oxygens (including phenoxy) is 2. The van der Waals surface area contributed by atoms with Crippen LogP contribution in [0, 0.1) is 5.82 Å². The Hall–Kier alpha value is -3.13. The van der Waals surface area contributed by atoms with E-state index in [1.54, 1.807) is 0 Å². The van der Waals surface area contributed by atoms with Crippen LogP contribution in [0.4, 0.5) is 9.18 Å². The van der Waals surface area contributed by atoms with Crippen molar-refractivity contribution >= 4 is 12.0 Å². The van der Waals surface area contributed by atoms with Crippen molar-refractivity contribution in [3.63, 3.8) is 0 Å². The Labute approximate surface area is 161 Å². The normalized spacial score (nSPS) is 16.5. The van der Waals surface area contributed by atoms with E-state index in [0.717, 1.165) is 17.7 Å². The van der Waals surface area contributed by atoms with Crippen LogP contribution in [0.25, 0.3) is 0 Å². The van der Waals surface area contributed by atoms with E-state index >= 15 is 0 Å². The van der Waals surface area contributed by atoms with Crippen molar-refractivity contribution in [1.82, 2.24) is 10.2 Å². The highest BCUT2D eigenvalue weighted by Gasteiger charge is 2.25. The van der Waals surface area contributed by atoms with Gasteiger partial charge in [-0.15, -0.1) is 0 Å². The van der Waals surface area contributed by atoms with E-state index in [1.165, 1.54) is 11.0 Å². The molecule has 8 heteroatoms. The number of nitrogens with zero attached hydrogens (tertiary/aromatic N) is 1. The fourth-order valence-corrected chi connectivity index (χ4v) is 2.78. The van der Waals surface area contributed by atoms with Gasteiger partial charge in [0.25, 0.3) is 5.91 Å². The number of aromatic hydroxyl groups is 1. The topological polar surface area (TPSA) is 88.1 Å². The van der Waals surface area contributed by atoms with Crippen molar-refractivity contribution in [2.45, 2.75) is 12.7 Å². The molecule has 3 rings (SSSR count). The lowest BCUT2D eigenvalue weighted by Gasteiger charge is -2.32. The summed E-state index contributed by atoms with van der Waals surface area (Å²) in [6.07, 6.45) is -0.840. The third kappa shape index (κ3) is 5.20. The van der Waals surface area contributed by atoms with Crippen LogP contribution in [0.15, 0.2) is 48.5 Å². The molecular formula is C20H21FN2O5. The van der Waals surface area contributed by atoms with Crippen LogP contribution in [0.3, 0.4) is 0 Å². The maximum Gasteiger partial charge on any atom is 0.410 e. The van der Waals surface area contributed by atoms with Gasteiger partial charge in [-0.05, 0) is 23.8 Å². The number of hydrogen-bond acceptors (Lipinski definition) is 5. The first-order valence-corrected chi connectivity index (χ1v) is 8.87. The predicted molar refractivity (Wildman–Crippen MR) is 98.3 cm³/mol. The zero-order valence-electron chi connectivity index (χ0n) is 15.1. The summed E-state index contributed by atoms with van der Waals surface area (Å²) in [5, 5.41) is 11.8. The van der Waals surface area contributed by atoms with E-state index < -0.39 is 29.7 Å². The van der Waals surface area contributed by atoms with Crippen LogP contribution in [0.1, 0.15) is 15.9 Å². The maximum absolute atomic E-state index is 13.4. The van der Waals surface area contributed by atoms with Gasteiger partial charge in [0.2, 0.25) is 0 Å². The molecule has 0 aliphatic carbocycles. The number of morpholine rings is 1. The molecule has 1 saturated heterocycles. The van der Waals surface area contributed by atoms with Crippen molar-refractivity contribution in [1.29, 1.82) is 0 Å². The van der Waals surface area contributed by atoms with Gasteiger partial charge in [-0.2, -0.15) is 0 Å². The molecule has 1 aliphatic rings. The van der Waals surface area contributed by atoms with E-state index in [-0.39, 0.29) is 25.3 Å². The molecule has 7 nitrogen and oxygen atoms in total. The molecule has 1 heterocycles. The van der Waals surface area contributed by atoms with Crippen molar-refractivity contribution < 1.29 is 28.6 Å². The summed E-state index contributed by atoms with van der Waals surface area (Å²) >= 11 is 0. The van der Waals surface area contributed by atoms with Gasteiger partial charge in [0, 0.05) is 18.7 Å². The van der Waals surface area contributed by atoms with Crippen LogP contribution in [-0.4, -0.2) is 54.4 Å². The number of nitrogens with one attached hydrogen (secondary N) is 1. The highest BCUT2D eigenvalue weighted by Crippen LogP contribution is 2.16. The van der Waals surface area contributed by atoms with Gasteiger partial charge in [0.1, 0.15) is 6.61 Å². The van der Waals surface area contributed by atoms with Crippen molar-refractivity contribution in [2.24, 2.45) is 0 Å². The SMILES string of the molecule is O=C(NCC1CN(C(=O)OCc2ccccc2)CCO1)c1ccc(O)c(F)c1. The molecule has 2 N–H and O–H groups in total. The van der Waals surface area contributed by atoms with Gasteiger partial charge in [-0.25, -0.2) is 9.18 Å². The Balaban J connectivity index is 1.47. The molecule has 0 spiro atoms. The Morgan fingerprint density at radius 3 is 2.79 bits per heavy atom. The third-order valence-corrected chi connectivity index (χ3v) is 4.30. The van der Waals surface area contributed by atoms with Gasteiger partial charge < -0.3 is 24.8 Å². The molecule has 2 amide bonds. The fraction of sp³-hybridized carbons (Fsp3) is 0.300. The number of rotatable bonds is 5. The van der Waals surface area contributed by atoms with Gasteiger partial charge in [0.15, 0.2) is 11.6 Å². The molecule has 1 unspecified atom stereocenters. The van der Waals surface area contributed by atoms with Crippen molar-refractivity contribution in [3.05, 3.63) is 65.5 Å². The zero-order valence-corrected chi connectivity index (χ0v) is 15.1. The van der Waals surface area contributed by atoms with Crippen LogP contribution in [-0.2, 0) is 16.1 Å². The lowest BCUT2D eigenvalue weighted by Crippen LogP contribution is -2.49. The molecular weight excluding hydrogens is 367 g/mol. The molecule has 0 bridgehead atoms. The first kappa shape index (κ1) is 19.6. The third-order valence-electron chi connectivity index (χ3n) is 4.30. The summed E-state index contributed by atoms with van der Waals surface area (Å²) in [5.74, 6) is -1.88. The second-order valence-electron chi connectivity index (χ2n) is 6.36. The molecule has 0 saturated carbocycles. The second-order valence-corrected chi connectivity index (χ2v) is 6.36. The molecule has 2 aromatic carbocycles. The van der Waals surface area contributed by atoms with Crippen LogP contribution in [0.5, 0.6) is 5.75 Å². The van der Waals surface area contributed by atoms with E-state index in [2.05, 4.69) is 5.32 Å². The minimum absolute atomic E-state index is 0.0882. The molecule has 148 valence electrons. The number of hydrogen-bond donors (Lipinski definition) is 2. The number of halogens is 1. The standard InChI is InChI=1S/C20H21FN2O5/c21-17-10-15(6-7-18(17)24)19(25)22-11-16-12-23(8-9-27-16)20(26)28-13-14-4-2-1-3-5-14/h1-7,10,16,24H,8-9,11-13H2,(H,22,25). The minimum Gasteiger partial charge on any atom is -0.505 e. The first-order valence-electron chi connectivity index (χ1n) is 8.87. The first-order chi connectivity index (χ1) is 13.5. The summed E-state index contributed by atoms with van der Waals surface area (Å²) < 4.78 is 24.2. The van der Waals surface area contributed by atoms with E-state index in [1.807, 2.05) is 30.3 Å². The lowest BCUT2D eigenvalue weighted by molar-refractivity contribution is -0.0263. The van der Waals surface area contributed by atoms with Crippen LogP contribution < -0.4 is 5.32 Å². The van der Waals surface area contributed by atoms with Crippen LogP contribution >= 0.6 is 0 Å². The number of benzene rings is 2. The van der Waals surface area contributed by atoms with Crippen molar-refractivity contribution in [2.75, 3.05) is 26.2 Å². The molecule has 0 radical (unpaired) electrons. The van der Waals surface area contributed by atoms with Crippen molar-refractivity contribution in [3.8, 4) is 5.75 Å². The van der Waals surface area contributed by atoms with Gasteiger partial charge in [-0.3, -0.25) is 4.79 Å². The molecule has 0 aromatic heterocycles. The lowest BCUT2D eigenvalue weighted by atomic mass is 10.2. The number of phenols is 1. The van der Waals surface area contributed by atoms with E-state index in [4.69, 9.17) is 9.47 Å². The number of amides is 2. The molecule has 2 aromatic rings. The zero-order chi connectivity index (χ0) is 19.9. The number of phenolic OH excluding ortho intramolecular Hbond substituents is 1. The predicted octanol–water partition coefficient (Wildman–Crippen LogP) is 2.30. The Bertz CT molecular complexity index is 831. The summed E-state index contributed by atoms with van der Waals surface area (Å²) in [4.78, 5) is 25.9. The summed E-state index contributed by atoms with van der Waals surface area (Å²) in [5.41, 5.74) is 0.985. The summed E-state index contributed by atoms with van der Waals surface area (Å²) in [7, 11) is 0. The second kappa shape index (κ2) is 9.18. The Morgan fingerprint density at radius 2 is 2.04 bits per heavy atom. The average molecular weight is 388 g/mol. The molecule has 1 aliphatic heterocycles. The smallest absolute Gasteiger partial charge is 0.410 e. The molecule has 1 atom stereocenters. The monoisotopic (exact) mass is 388 g/mol. The number of carbonyl (C=O) groups excluding carboxylic acids is 2. The van der Waals surface area contributed by atoms with Gasteiger partial charge in [-0.1, -0.05) is 30.3 Å². The fourth-order valence-electron chi connectivity index (χ4n) is 2.78. The molecule has 1 fully saturated rings. The van der Waals surface area contributed by atoms with Gasteiger partial charge in [0.05, 0.1) is 19.3 Å². The highest BCUT2D eigenvalue weighted by atomic mass is 19.1. The average Bonchev–Trinajstić information content (AvgIpc) is 2.73. The highest BCUT2D eigenvalue weighted by molar-refractivity contribution is 5.94. The molecule has 28 heavy (non-hydrogen) atoms. The minimum atomic E-state index is -0.867. The largest absolute Gasteiger partial charge is 0.505 e. The maximum atomic E-state index is 13.4. The van der Waals surface area contributed by atoms with E-state index in [0.29, 0.717) is 13.2 Å².